The fourth-order valence-electron chi connectivity index (χ4n) is 4.36. The maximum absolute atomic E-state index is 13.6. The number of aromatic nitrogens is 2. The second-order valence-corrected chi connectivity index (χ2v) is 9.38. The number of pyridine rings is 1. The predicted molar refractivity (Wildman–Crippen MR) is 120 cm³/mol. The van der Waals surface area contributed by atoms with Crippen molar-refractivity contribution in [1.82, 2.24) is 14.9 Å². The molecule has 0 aliphatic carbocycles. The predicted octanol–water partition coefficient (Wildman–Crippen LogP) is 5.32. The van der Waals surface area contributed by atoms with Gasteiger partial charge in [-0.2, -0.15) is 8.78 Å². The number of thiophene rings is 1. The van der Waals surface area contributed by atoms with Crippen LogP contribution in [-0.2, 0) is 17.7 Å². The summed E-state index contributed by atoms with van der Waals surface area (Å²) in [5.41, 5.74) is 4.08. The molecule has 1 aromatic carbocycles. The lowest BCUT2D eigenvalue weighted by Gasteiger charge is -2.25. The average Bonchev–Trinajstić information content (AvgIpc) is 3.49. The zero-order valence-corrected chi connectivity index (χ0v) is 18.1. The Morgan fingerprint density at radius 2 is 1.97 bits per heavy atom. The molecule has 5 nitrogen and oxygen atoms in total. The summed E-state index contributed by atoms with van der Waals surface area (Å²) in [6.45, 7) is 4.44. The topological polar surface area (TPSA) is 50.4 Å². The summed E-state index contributed by atoms with van der Waals surface area (Å²) in [5.74, 6) is 0.247. The third-order valence-electron chi connectivity index (χ3n) is 5.99. The van der Waals surface area contributed by atoms with Crippen molar-refractivity contribution in [2.75, 3.05) is 26.3 Å². The number of morpholine rings is 1. The molecule has 2 aliphatic rings. The van der Waals surface area contributed by atoms with E-state index in [0.717, 1.165) is 65.4 Å². The van der Waals surface area contributed by atoms with Gasteiger partial charge in [0.05, 0.1) is 19.6 Å². The number of aromatic amines is 1. The molecule has 2 aliphatic heterocycles. The van der Waals surface area contributed by atoms with Crippen LogP contribution >= 0.6 is 11.3 Å². The van der Waals surface area contributed by atoms with Crippen molar-refractivity contribution in [2.24, 2.45) is 0 Å². The smallest absolute Gasteiger partial charge is 0.402 e. The first-order valence-electron chi connectivity index (χ1n) is 10.6. The number of nitrogens with one attached hydrogen (secondary N) is 1. The molecule has 8 heteroatoms. The maximum Gasteiger partial charge on any atom is 0.402 e. The van der Waals surface area contributed by atoms with Crippen molar-refractivity contribution in [3.8, 4) is 27.3 Å². The third kappa shape index (κ3) is 3.68. The van der Waals surface area contributed by atoms with Gasteiger partial charge >= 0.3 is 6.11 Å². The third-order valence-corrected chi connectivity index (χ3v) is 7.11. The molecule has 0 amide bonds. The number of nitrogens with zero attached hydrogens (tertiary/aromatic N) is 2. The Bertz CT molecular complexity index is 1290. The van der Waals surface area contributed by atoms with Gasteiger partial charge in [0.15, 0.2) is 0 Å². The molecule has 0 unspecified atom stereocenters. The molecule has 0 bridgehead atoms. The molecular weight excluding hydrogens is 432 g/mol. The molecule has 0 spiro atoms. The molecule has 1 saturated heterocycles. The highest BCUT2D eigenvalue weighted by molar-refractivity contribution is 7.15. The fraction of sp³-hybridized carbons (Fsp3) is 0.292. The Hall–Kier alpha value is -2.81. The number of H-pyrrole nitrogens is 1. The number of hydrogen-bond acceptors (Lipinski definition) is 5. The molecule has 6 rings (SSSR count). The van der Waals surface area contributed by atoms with E-state index in [1.165, 1.54) is 4.88 Å². The molecule has 164 valence electrons. The normalized spacial score (nSPS) is 18.1. The summed E-state index contributed by atoms with van der Waals surface area (Å²) in [6, 6.07) is 11.7. The molecule has 3 aromatic heterocycles. The number of hydrogen-bond donors (Lipinski definition) is 1. The van der Waals surface area contributed by atoms with E-state index in [1.54, 1.807) is 23.5 Å². The molecular formula is C24H21F2N3O2S. The average molecular weight is 454 g/mol. The molecule has 1 fully saturated rings. The van der Waals surface area contributed by atoms with E-state index in [-0.39, 0.29) is 12.2 Å². The van der Waals surface area contributed by atoms with E-state index in [2.05, 4.69) is 33.1 Å². The van der Waals surface area contributed by atoms with Crippen LogP contribution in [0.2, 0.25) is 0 Å². The Balaban J connectivity index is 1.31. The first-order valence-corrected chi connectivity index (χ1v) is 11.4. The minimum Gasteiger partial charge on any atom is -0.432 e. The van der Waals surface area contributed by atoms with Gasteiger partial charge in [-0.1, -0.05) is 12.1 Å². The zero-order chi connectivity index (χ0) is 21.7. The molecule has 0 saturated carbocycles. The monoisotopic (exact) mass is 453 g/mol. The fourth-order valence-corrected chi connectivity index (χ4v) is 5.39. The Labute approximate surface area is 187 Å². The van der Waals surface area contributed by atoms with Crippen LogP contribution in [0.5, 0.6) is 5.75 Å². The lowest BCUT2D eigenvalue weighted by molar-refractivity contribution is -0.159. The molecule has 0 radical (unpaired) electrons. The minimum absolute atomic E-state index is 0.247. The number of rotatable bonds is 4. The second-order valence-electron chi connectivity index (χ2n) is 8.22. The summed E-state index contributed by atoms with van der Waals surface area (Å²) in [5, 5.41) is 0.954. The van der Waals surface area contributed by atoms with E-state index >= 15 is 0 Å². The lowest BCUT2D eigenvalue weighted by Crippen LogP contribution is -2.35. The SMILES string of the molecule is FC1(F)Cc2ccc(-c3c[nH]c4ncc(-c5ccc(CN6CCOCC6)s5)cc34)cc2O1. The van der Waals surface area contributed by atoms with E-state index in [1.807, 2.05) is 18.5 Å². The Kier molecular flexibility index (Phi) is 4.74. The van der Waals surface area contributed by atoms with Gasteiger partial charge in [0.25, 0.3) is 0 Å². The molecule has 0 atom stereocenters. The first-order chi connectivity index (χ1) is 15.5. The highest BCUT2D eigenvalue weighted by atomic mass is 32.1. The Morgan fingerprint density at radius 3 is 2.84 bits per heavy atom. The summed E-state index contributed by atoms with van der Waals surface area (Å²) >= 11 is 1.77. The second kappa shape index (κ2) is 7.65. The van der Waals surface area contributed by atoms with E-state index in [9.17, 15) is 8.78 Å². The van der Waals surface area contributed by atoms with Gasteiger partial charge in [-0.05, 0) is 29.8 Å². The quantitative estimate of drug-likeness (QED) is 0.455. The highest BCUT2D eigenvalue weighted by Crippen LogP contribution is 2.41. The van der Waals surface area contributed by atoms with Crippen molar-refractivity contribution in [1.29, 1.82) is 0 Å². The molecule has 1 N–H and O–H groups in total. The summed E-state index contributed by atoms with van der Waals surface area (Å²) in [7, 11) is 0. The van der Waals surface area contributed by atoms with Gasteiger partial charge < -0.3 is 14.5 Å². The van der Waals surface area contributed by atoms with E-state index < -0.39 is 6.11 Å². The standard InChI is InChI=1S/C24H21F2N3O2S/c25-24(26)11-16-2-1-15(10-21(16)31-24)20-13-28-23-19(20)9-17(12-27-23)22-4-3-18(32-22)14-29-5-7-30-8-6-29/h1-4,9-10,12-13H,5-8,11,14H2,(H,27,28). The van der Waals surface area contributed by atoms with Crippen LogP contribution < -0.4 is 4.74 Å². The van der Waals surface area contributed by atoms with Gasteiger partial charge in [0.1, 0.15) is 11.4 Å². The highest BCUT2D eigenvalue weighted by Gasteiger charge is 2.39. The lowest BCUT2D eigenvalue weighted by atomic mass is 10.0. The van der Waals surface area contributed by atoms with Crippen molar-refractivity contribution < 1.29 is 18.3 Å². The number of benzene rings is 1. The number of ether oxygens (including phenoxy) is 2. The van der Waals surface area contributed by atoms with Gasteiger partial charge in [0, 0.05) is 63.9 Å². The van der Waals surface area contributed by atoms with Crippen LogP contribution in [0.3, 0.4) is 0 Å². The summed E-state index contributed by atoms with van der Waals surface area (Å²) in [4.78, 5) is 12.7. The maximum atomic E-state index is 13.6. The van der Waals surface area contributed by atoms with Crippen molar-refractivity contribution >= 4 is 22.4 Å². The van der Waals surface area contributed by atoms with E-state index in [0.29, 0.717) is 5.56 Å². The molecule has 32 heavy (non-hydrogen) atoms. The largest absolute Gasteiger partial charge is 0.432 e. The van der Waals surface area contributed by atoms with Gasteiger partial charge in [-0.25, -0.2) is 4.98 Å². The van der Waals surface area contributed by atoms with Crippen LogP contribution in [0.25, 0.3) is 32.6 Å². The van der Waals surface area contributed by atoms with Crippen LogP contribution in [-0.4, -0.2) is 47.3 Å². The van der Waals surface area contributed by atoms with Crippen LogP contribution in [0.4, 0.5) is 8.78 Å². The summed E-state index contributed by atoms with van der Waals surface area (Å²) < 4.78 is 37.5. The number of halogens is 2. The van der Waals surface area contributed by atoms with Crippen molar-refractivity contribution in [3.05, 3.63) is 59.2 Å². The van der Waals surface area contributed by atoms with Crippen LogP contribution in [0.1, 0.15) is 10.4 Å². The van der Waals surface area contributed by atoms with Gasteiger partial charge in [0.2, 0.25) is 0 Å². The summed E-state index contributed by atoms with van der Waals surface area (Å²) in [6.07, 6.45) is 0.231. The molecule has 4 aromatic rings. The van der Waals surface area contributed by atoms with Gasteiger partial charge in [-0.15, -0.1) is 11.3 Å². The van der Waals surface area contributed by atoms with Crippen LogP contribution in [0.15, 0.2) is 48.8 Å². The van der Waals surface area contributed by atoms with Gasteiger partial charge in [-0.3, -0.25) is 4.90 Å². The number of alkyl halides is 2. The van der Waals surface area contributed by atoms with Crippen molar-refractivity contribution in [2.45, 2.75) is 19.1 Å². The number of fused-ring (bicyclic) bond motifs is 2. The zero-order valence-electron chi connectivity index (χ0n) is 17.2. The first kappa shape index (κ1) is 19.8. The molecule has 5 heterocycles. The van der Waals surface area contributed by atoms with Crippen LogP contribution in [0, 0.1) is 0 Å². The van der Waals surface area contributed by atoms with E-state index in [4.69, 9.17) is 9.47 Å². The minimum atomic E-state index is -3.13. The Morgan fingerprint density at radius 1 is 1.09 bits per heavy atom. The van der Waals surface area contributed by atoms with Crippen molar-refractivity contribution in [3.63, 3.8) is 0 Å².